The van der Waals surface area contributed by atoms with E-state index in [1.54, 1.807) is 23.5 Å². The molecule has 1 unspecified atom stereocenters. The van der Waals surface area contributed by atoms with Gasteiger partial charge in [-0.15, -0.1) is 11.3 Å². The third-order valence-electron chi connectivity index (χ3n) is 5.74. The van der Waals surface area contributed by atoms with Crippen molar-refractivity contribution >= 4 is 11.3 Å². The second kappa shape index (κ2) is 7.49. The van der Waals surface area contributed by atoms with Crippen LogP contribution in [0, 0.1) is 11.2 Å². The van der Waals surface area contributed by atoms with E-state index in [-0.39, 0.29) is 17.3 Å². The van der Waals surface area contributed by atoms with Crippen molar-refractivity contribution in [3.8, 4) is 10.8 Å². The number of fused-ring (bicyclic) bond motifs is 1. The second-order valence-corrected chi connectivity index (χ2v) is 9.47. The van der Waals surface area contributed by atoms with Crippen LogP contribution in [0.25, 0.3) is 10.8 Å². The molecule has 0 aliphatic heterocycles. The van der Waals surface area contributed by atoms with Gasteiger partial charge in [-0.25, -0.2) is 14.1 Å². The van der Waals surface area contributed by atoms with E-state index in [9.17, 15) is 4.39 Å². The predicted octanol–water partition coefficient (Wildman–Crippen LogP) is 5.06. The Morgan fingerprint density at radius 3 is 2.83 bits per heavy atom. The number of halogens is 1. The molecule has 1 aliphatic carbocycles. The van der Waals surface area contributed by atoms with E-state index in [1.807, 2.05) is 22.5 Å². The van der Waals surface area contributed by atoms with Gasteiger partial charge in [0.1, 0.15) is 5.82 Å². The van der Waals surface area contributed by atoms with Gasteiger partial charge in [-0.3, -0.25) is 4.57 Å². The molecule has 3 aromatic heterocycles. The van der Waals surface area contributed by atoms with Crippen molar-refractivity contribution in [3.63, 3.8) is 0 Å². The van der Waals surface area contributed by atoms with Crippen molar-refractivity contribution in [2.45, 2.75) is 39.3 Å². The molecular formula is C23H24FN5S. The van der Waals surface area contributed by atoms with Gasteiger partial charge in [0.05, 0.1) is 11.9 Å². The Hall–Kier alpha value is -2.77. The number of nitrogens with one attached hydrogen (secondary N) is 1. The molecule has 1 aromatic carbocycles. The maximum absolute atomic E-state index is 13.4. The van der Waals surface area contributed by atoms with Crippen LogP contribution >= 0.6 is 11.3 Å². The van der Waals surface area contributed by atoms with Gasteiger partial charge in [0, 0.05) is 47.3 Å². The molecule has 1 atom stereocenters. The molecular weight excluding hydrogens is 397 g/mol. The summed E-state index contributed by atoms with van der Waals surface area (Å²) in [7, 11) is 0. The smallest absolute Gasteiger partial charge is 0.193 e. The highest BCUT2D eigenvalue weighted by Gasteiger charge is 2.35. The highest BCUT2D eigenvalue weighted by molar-refractivity contribution is 7.12. The number of benzene rings is 1. The summed E-state index contributed by atoms with van der Waals surface area (Å²) in [5.41, 5.74) is 4.64. The summed E-state index contributed by atoms with van der Waals surface area (Å²) in [6.45, 7) is 5.34. The zero-order valence-electron chi connectivity index (χ0n) is 17.0. The molecule has 154 valence electrons. The van der Waals surface area contributed by atoms with Crippen LogP contribution in [0.4, 0.5) is 4.39 Å². The number of rotatable bonds is 5. The number of hydrogen-bond donors (Lipinski definition) is 1. The third-order valence-corrected chi connectivity index (χ3v) is 6.51. The van der Waals surface area contributed by atoms with Gasteiger partial charge in [0.2, 0.25) is 0 Å². The molecule has 5 rings (SSSR count). The van der Waals surface area contributed by atoms with Crippen molar-refractivity contribution in [3.05, 3.63) is 83.1 Å². The summed E-state index contributed by atoms with van der Waals surface area (Å²) in [6, 6.07) is 10.9. The van der Waals surface area contributed by atoms with E-state index in [0.29, 0.717) is 0 Å². The summed E-state index contributed by atoms with van der Waals surface area (Å²) < 4.78 is 17.5. The van der Waals surface area contributed by atoms with Crippen LogP contribution in [0.3, 0.4) is 0 Å². The fourth-order valence-corrected chi connectivity index (χ4v) is 5.00. The first kappa shape index (κ1) is 19.2. The molecule has 1 aliphatic rings. The van der Waals surface area contributed by atoms with Crippen LogP contribution < -0.4 is 5.32 Å². The van der Waals surface area contributed by atoms with E-state index in [2.05, 4.69) is 52.1 Å². The lowest BCUT2D eigenvalue weighted by atomic mass is 9.74. The van der Waals surface area contributed by atoms with Crippen LogP contribution in [-0.2, 0) is 13.0 Å². The molecule has 7 heteroatoms. The SMILES string of the molecule is CC1(C)Cc2c(cnn2-c2ccc(F)cc2)C(NCc2cccn2-c2nccs2)C1. The number of aromatic nitrogens is 4. The van der Waals surface area contributed by atoms with E-state index >= 15 is 0 Å². The zero-order valence-corrected chi connectivity index (χ0v) is 17.9. The topological polar surface area (TPSA) is 47.7 Å². The minimum absolute atomic E-state index is 0.139. The van der Waals surface area contributed by atoms with Crippen molar-refractivity contribution in [1.29, 1.82) is 0 Å². The summed E-state index contributed by atoms with van der Waals surface area (Å²) in [5, 5.41) is 11.4. The Kier molecular flexibility index (Phi) is 4.79. The predicted molar refractivity (Wildman–Crippen MR) is 117 cm³/mol. The molecule has 0 radical (unpaired) electrons. The molecule has 0 spiro atoms. The Morgan fingerprint density at radius 1 is 1.23 bits per heavy atom. The molecule has 0 saturated heterocycles. The zero-order chi connectivity index (χ0) is 20.7. The molecule has 4 aromatic rings. The largest absolute Gasteiger partial charge is 0.304 e. The van der Waals surface area contributed by atoms with E-state index < -0.39 is 0 Å². The van der Waals surface area contributed by atoms with E-state index in [0.717, 1.165) is 30.2 Å². The molecule has 1 N–H and O–H groups in total. The average molecular weight is 422 g/mol. The third kappa shape index (κ3) is 3.59. The molecule has 0 amide bonds. The van der Waals surface area contributed by atoms with Crippen molar-refractivity contribution in [2.24, 2.45) is 5.41 Å². The van der Waals surface area contributed by atoms with Crippen molar-refractivity contribution < 1.29 is 4.39 Å². The first-order valence-corrected chi connectivity index (χ1v) is 11.0. The second-order valence-electron chi connectivity index (χ2n) is 8.60. The minimum Gasteiger partial charge on any atom is -0.304 e. The van der Waals surface area contributed by atoms with Crippen molar-refractivity contribution in [2.75, 3.05) is 0 Å². The van der Waals surface area contributed by atoms with Gasteiger partial charge < -0.3 is 5.32 Å². The lowest BCUT2D eigenvalue weighted by Gasteiger charge is -2.36. The van der Waals surface area contributed by atoms with E-state index in [1.165, 1.54) is 29.1 Å². The number of thiazole rings is 1. The van der Waals surface area contributed by atoms with Gasteiger partial charge in [-0.1, -0.05) is 13.8 Å². The van der Waals surface area contributed by atoms with Gasteiger partial charge in [0.15, 0.2) is 5.13 Å². The molecule has 5 nitrogen and oxygen atoms in total. The first-order valence-electron chi connectivity index (χ1n) is 10.1. The summed E-state index contributed by atoms with van der Waals surface area (Å²) >= 11 is 1.63. The highest BCUT2D eigenvalue weighted by Crippen LogP contribution is 2.41. The maximum Gasteiger partial charge on any atom is 0.193 e. The van der Waals surface area contributed by atoms with Crippen molar-refractivity contribution in [1.82, 2.24) is 24.6 Å². The Morgan fingerprint density at radius 2 is 2.07 bits per heavy atom. The average Bonchev–Trinajstić information content (AvgIpc) is 3.46. The lowest BCUT2D eigenvalue weighted by molar-refractivity contribution is 0.252. The highest BCUT2D eigenvalue weighted by atomic mass is 32.1. The Balaban J connectivity index is 1.43. The fourth-order valence-electron chi connectivity index (χ4n) is 4.34. The quantitative estimate of drug-likeness (QED) is 0.490. The van der Waals surface area contributed by atoms with Gasteiger partial charge in [0.25, 0.3) is 0 Å². The molecule has 0 fully saturated rings. The maximum atomic E-state index is 13.4. The van der Waals surface area contributed by atoms with Crippen LogP contribution in [0.2, 0.25) is 0 Å². The van der Waals surface area contributed by atoms with Gasteiger partial charge in [-0.2, -0.15) is 5.10 Å². The first-order chi connectivity index (χ1) is 14.5. The number of hydrogen-bond acceptors (Lipinski definition) is 4. The van der Waals surface area contributed by atoms with Gasteiger partial charge >= 0.3 is 0 Å². The Bertz CT molecular complexity index is 1140. The van der Waals surface area contributed by atoms with Crippen LogP contribution in [0.1, 0.15) is 43.3 Å². The normalized spacial score (nSPS) is 17.8. The molecule has 3 heterocycles. The molecule has 30 heavy (non-hydrogen) atoms. The van der Waals surface area contributed by atoms with Crippen LogP contribution in [-0.4, -0.2) is 19.3 Å². The number of nitrogens with zero attached hydrogens (tertiary/aromatic N) is 4. The molecule has 0 saturated carbocycles. The molecule has 0 bridgehead atoms. The summed E-state index contributed by atoms with van der Waals surface area (Å²) in [4.78, 5) is 4.43. The standard InChI is InChI=1S/C23H24FN5S/c1-23(2)12-20(26-14-18-4-3-10-28(18)22-25-9-11-30-22)19-15-27-29(21(19)13-23)17-7-5-16(24)6-8-17/h3-11,15,20,26H,12-14H2,1-2H3. The monoisotopic (exact) mass is 421 g/mol. The fraction of sp³-hybridized carbons (Fsp3) is 0.304. The lowest BCUT2D eigenvalue weighted by Crippen LogP contribution is -2.33. The Labute approximate surface area is 179 Å². The van der Waals surface area contributed by atoms with E-state index in [4.69, 9.17) is 0 Å². The summed E-state index contributed by atoms with van der Waals surface area (Å²) in [6.07, 6.45) is 7.82. The van der Waals surface area contributed by atoms with Crippen LogP contribution in [0.5, 0.6) is 0 Å². The summed E-state index contributed by atoms with van der Waals surface area (Å²) in [5.74, 6) is -0.233. The minimum atomic E-state index is -0.233. The van der Waals surface area contributed by atoms with Gasteiger partial charge in [-0.05, 0) is 54.7 Å². The van der Waals surface area contributed by atoms with Crippen LogP contribution in [0.15, 0.2) is 60.4 Å².